The third kappa shape index (κ3) is 1.89. The first-order chi connectivity index (χ1) is 9.70. The highest BCUT2D eigenvalue weighted by Gasteiger charge is 2.16. The maximum Gasteiger partial charge on any atom is 0.251 e. The van der Waals surface area contributed by atoms with Gasteiger partial charge < -0.3 is 15.5 Å². The third-order valence-electron chi connectivity index (χ3n) is 3.12. The van der Waals surface area contributed by atoms with Gasteiger partial charge in [0.05, 0.1) is 5.56 Å². The highest BCUT2D eigenvalue weighted by atomic mass is 16.3. The number of amides is 1. The van der Waals surface area contributed by atoms with Crippen LogP contribution in [0.5, 0.6) is 0 Å². The summed E-state index contributed by atoms with van der Waals surface area (Å²) in [5.74, 6) is 0.727. The lowest BCUT2D eigenvalue weighted by Crippen LogP contribution is -2.12. The van der Waals surface area contributed by atoms with Crippen LogP contribution < -0.4 is 11.1 Å². The van der Waals surface area contributed by atoms with Crippen molar-refractivity contribution < 1.29 is 9.21 Å². The van der Waals surface area contributed by atoms with E-state index in [1.165, 1.54) is 6.20 Å². The zero-order chi connectivity index (χ0) is 14.1. The molecule has 1 amide bonds. The number of anilines is 1. The van der Waals surface area contributed by atoms with E-state index in [2.05, 4.69) is 10.3 Å². The van der Waals surface area contributed by atoms with E-state index in [0.29, 0.717) is 28.1 Å². The lowest BCUT2D eigenvalue weighted by atomic mass is 10.1. The van der Waals surface area contributed by atoms with Crippen molar-refractivity contribution in [2.45, 2.75) is 0 Å². The largest absolute Gasteiger partial charge is 0.452 e. The van der Waals surface area contributed by atoms with Crippen LogP contribution in [-0.2, 0) is 0 Å². The van der Waals surface area contributed by atoms with E-state index in [1.807, 2.05) is 36.4 Å². The van der Waals surface area contributed by atoms with Crippen molar-refractivity contribution in [2.24, 2.45) is 5.73 Å². The van der Waals surface area contributed by atoms with Gasteiger partial charge in [-0.1, -0.05) is 30.3 Å². The smallest absolute Gasteiger partial charge is 0.251 e. The zero-order valence-electron chi connectivity index (χ0n) is 10.9. The van der Waals surface area contributed by atoms with Gasteiger partial charge in [-0.2, -0.15) is 0 Å². The zero-order valence-corrected chi connectivity index (χ0v) is 10.9. The molecule has 0 fully saturated rings. The average Bonchev–Trinajstić information content (AvgIpc) is 2.91. The number of aromatic nitrogens is 1. The number of primary amides is 1. The normalized spacial score (nSPS) is 10.7. The topological polar surface area (TPSA) is 81.1 Å². The fraction of sp³-hybridized carbons (Fsp3) is 0.0667. The molecular formula is C15H13N3O2. The number of nitrogens with two attached hydrogens (primary N) is 1. The van der Waals surface area contributed by atoms with E-state index >= 15 is 0 Å². The van der Waals surface area contributed by atoms with Gasteiger partial charge in [-0.25, -0.2) is 4.98 Å². The van der Waals surface area contributed by atoms with E-state index in [0.717, 1.165) is 5.56 Å². The van der Waals surface area contributed by atoms with Crippen molar-refractivity contribution in [3.63, 3.8) is 0 Å². The molecule has 3 rings (SSSR count). The summed E-state index contributed by atoms with van der Waals surface area (Å²) in [6, 6.07) is 11.5. The molecule has 0 aliphatic heterocycles. The summed E-state index contributed by atoms with van der Waals surface area (Å²) in [5, 5.41) is 3.61. The minimum Gasteiger partial charge on any atom is -0.452 e. The van der Waals surface area contributed by atoms with Crippen LogP contribution in [0, 0.1) is 0 Å². The van der Waals surface area contributed by atoms with Crippen molar-refractivity contribution in [1.82, 2.24) is 4.98 Å². The molecule has 0 unspecified atom stereocenters. The second-order valence-electron chi connectivity index (χ2n) is 4.35. The molecule has 5 heteroatoms. The molecule has 1 aromatic carbocycles. The maximum absolute atomic E-state index is 11.5. The molecule has 0 aliphatic carbocycles. The van der Waals surface area contributed by atoms with E-state index < -0.39 is 5.91 Å². The molecule has 100 valence electrons. The minimum absolute atomic E-state index is 0.352. The number of hydrogen-bond donors (Lipinski definition) is 2. The van der Waals surface area contributed by atoms with E-state index in [9.17, 15) is 4.79 Å². The van der Waals surface area contributed by atoms with Crippen molar-refractivity contribution in [3.8, 4) is 11.3 Å². The monoisotopic (exact) mass is 267 g/mol. The number of hydrogen-bond acceptors (Lipinski definition) is 4. The summed E-state index contributed by atoms with van der Waals surface area (Å²) in [7, 11) is 1.75. The fourth-order valence-electron chi connectivity index (χ4n) is 2.14. The van der Waals surface area contributed by atoms with Crippen molar-refractivity contribution in [1.29, 1.82) is 0 Å². The van der Waals surface area contributed by atoms with E-state index in [-0.39, 0.29) is 0 Å². The van der Waals surface area contributed by atoms with Crippen LogP contribution >= 0.6 is 0 Å². The Morgan fingerprint density at radius 1 is 1.30 bits per heavy atom. The van der Waals surface area contributed by atoms with Gasteiger partial charge in [-0.3, -0.25) is 4.79 Å². The molecule has 5 nitrogen and oxygen atoms in total. The van der Waals surface area contributed by atoms with Crippen LogP contribution in [0.25, 0.3) is 22.3 Å². The summed E-state index contributed by atoms with van der Waals surface area (Å²) in [4.78, 5) is 15.6. The molecule has 0 atom stereocenters. The van der Waals surface area contributed by atoms with Crippen LogP contribution in [-0.4, -0.2) is 17.9 Å². The predicted octanol–water partition coefficient (Wildman–Crippen LogP) is 2.64. The van der Waals surface area contributed by atoms with Crippen LogP contribution in [0.15, 0.2) is 47.0 Å². The Bertz CT molecular complexity index is 778. The fourth-order valence-corrected chi connectivity index (χ4v) is 2.14. The first kappa shape index (κ1) is 12.2. The number of fused-ring (bicyclic) bond motifs is 1. The number of furan rings is 1. The first-order valence-corrected chi connectivity index (χ1v) is 6.16. The Morgan fingerprint density at radius 3 is 2.70 bits per heavy atom. The molecule has 0 spiro atoms. The molecule has 0 saturated heterocycles. The maximum atomic E-state index is 11.5. The number of carbonyl (C=O) groups is 1. The summed E-state index contributed by atoms with van der Waals surface area (Å²) in [5.41, 5.74) is 7.19. The third-order valence-corrected chi connectivity index (χ3v) is 3.12. The summed E-state index contributed by atoms with van der Waals surface area (Å²) in [6.07, 6.45) is 1.46. The van der Waals surface area contributed by atoms with E-state index in [4.69, 9.17) is 10.2 Å². The van der Waals surface area contributed by atoms with Crippen molar-refractivity contribution in [3.05, 3.63) is 48.2 Å². The summed E-state index contributed by atoms with van der Waals surface area (Å²) >= 11 is 0. The molecule has 0 saturated carbocycles. The first-order valence-electron chi connectivity index (χ1n) is 6.16. The lowest BCUT2D eigenvalue weighted by Gasteiger charge is -2.02. The number of rotatable bonds is 3. The van der Waals surface area contributed by atoms with Crippen LogP contribution in [0.1, 0.15) is 10.4 Å². The number of pyridine rings is 1. The van der Waals surface area contributed by atoms with E-state index in [1.54, 1.807) is 7.05 Å². The second kappa shape index (κ2) is 4.70. The molecule has 0 aliphatic rings. The molecule has 0 radical (unpaired) electrons. The average molecular weight is 267 g/mol. The van der Waals surface area contributed by atoms with Crippen molar-refractivity contribution in [2.75, 3.05) is 12.4 Å². The van der Waals surface area contributed by atoms with Crippen LogP contribution in [0.2, 0.25) is 0 Å². The Morgan fingerprint density at radius 2 is 2.05 bits per heavy atom. The Kier molecular flexibility index (Phi) is 2.87. The van der Waals surface area contributed by atoms with Gasteiger partial charge in [0.1, 0.15) is 5.76 Å². The highest BCUT2D eigenvalue weighted by molar-refractivity contribution is 6.08. The van der Waals surface area contributed by atoms with Gasteiger partial charge in [-0.05, 0) is 6.07 Å². The van der Waals surface area contributed by atoms with Gasteiger partial charge >= 0.3 is 0 Å². The van der Waals surface area contributed by atoms with Gasteiger partial charge in [0, 0.05) is 24.2 Å². The van der Waals surface area contributed by atoms with Gasteiger partial charge in [0.15, 0.2) is 11.4 Å². The highest BCUT2D eigenvalue weighted by Crippen LogP contribution is 2.32. The molecule has 2 aromatic heterocycles. The summed E-state index contributed by atoms with van der Waals surface area (Å²) < 4.78 is 5.83. The molecule has 20 heavy (non-hydrogen) atoms. The molecular weight excluding hydrogens is 254 g/mol. The second-order valence-corrected chi connectivity index (χ2v) is 4.35. The molecule has 3 N–H and O–H groups in total. The number of nitrogens with one attached hydrogen (secondary N) is 1. The standard InChI is InChI=1S/C15H13N3O2/c1-17-15-13-10(11(8-18-15)14(16)19)7-12(20-13)9-5-3-2-4-6-9/h2-8H,1H3,(H2,16,19)(H,17,18). The number of nitrogens with zero attached hydrogens (tertiary/aromatic N) is 1. The van der Waals surface area contributed by atoms with Crippen molar-refractivity contribution >= 4 is 22.7 Å². The Hall–Kier alpha value is -2.82. The molecule has 0 bridgehead atoms. The van der Waals surface area contributed by atoms with Gasteiger partial charge in [-0.15, -0.1) is 0 Å². The molecule has 2 heterocycles. The quantitative estimate of drug-likeness (QED) is 0.764. The predicted molar refractivity (Wildman–Crippen MR) is 77.5 cm³/mol. The minimum atomic E-state index is -0.523. The lowest BCUT2D eigenvalue weighted by molar-refractivity contribution is 0.100. The Labute approximate surface area is 115 Å². The number of carbonyl (C=O) groups excluding carboxylic acids is 1. The molecule has 3 aromatic rings. The van der Waals surface area contributed by atoms with Gasteiger partial charge in [0.25, 0.3) is 5.91 Å². The Balaban J connectivity index is 2.28. The number of benzene rings is 1. The van der Waals surface area contributed by atoms with Crippen LogP contribution in [0.4, 0.5) is 5.82 Å². The van der Waals surface area contributed by atoms with Crippen LogP contribution in [0.3, 0.4) is 0 Å². The SMILES string of the molecule is CNc1ncc(C(N)=O)c2cc(-c3ccccc3)oc12. The summed E-state index contributed by atoms with van der Waals surface area (Å²) in [6.45, 7) is 0. The van der Waals surface area contributed by atoms with Gasteiger partial charge in [0.2, 0.25) is 0 Å².